The predicted molar refractivity (Wildman–Crippen MR) is 114 cm³/mol. The Hall–Kier alpha value is -2.54. The Balaban J connectivity index is 2.19. The van der Waals surface area contributed by atoms with Crippen LogP contribution in [-0.2, 0) is 6.42 Å². The van der Waals surface area contributed by atoms with Gasteiger partial charge in [-0.3, -0.25) is 9.78 Å². The van der Waals surface area contributed by atoms with Crippen molar-refractivity contribution in [1.82, 2.24) is 4.98 Å². The number of nitrogens with two attached hydrogens (primary N) is 2. The van der Waals surface area contributed by atoms with Gasteiger partial charge >= 0.3 is 0 Å². The Morgan fingerprint density at radius 3 is 2.64 bits per heavy atom. The van der Waals surface area contributed by atoms with Crippen molar-refractivity contribution in [3.63, 3.8) is 0 Å². The molecule has 0 saturated carbocycles. The summed E-state index contributed by atoms with van der Waals surface area (Å²) < 4.78 is 5.49. The molecule has 5 N–H and O–H groups in total. The largest absolute Gasteiger partial charge is 0.496 e. The van der Waals surface area contributed by atoms with Crippen LogP contribution >= 0.6 is 23.2 Å². The number of rotatable bonds is 7. The average molecular weight is 419 g/mol. The zero-order valence-electron chi connectivity index (χ0n) is 15.3. The highest BCUT2D eigenvalue weighted by molar-refractivity contribution is 6.42. The molecule has 8 heteroatoms. The van der Waals surface area contributed by atoms with Crippen molar-refractivity contribution in [2.24, 2.45) is 11.5 Å². The second-order valence-corrected chi connectivity index (χ2v) is 7.05. The Morgan fingerprint density at radius 2 is 2.00 bits per heavy atom. The number of carbonyl (C=O) groups is 1. The topological polar surface area (TPSA) is 103 Å². The standard InChI is InChI=1S/C20H20Cl2N4O2/c1-28-18-9-17-13(7-11(18)3-2-6-23)19(14(10-25-17)20(24)27)26-12-4-5-15(21)16(22)8-12/h4-5,7-10H,2-3,6,23H2,1H3,(H2,24,27)(H,25,26). The maximum Gasteiger partial charge on any atom is 0.252 e. The number of nitrogens with zero attached hydrogens (tertiary/aromatic N) is 1. The molecule has 146 valence electrons. The highest BCUT2D eigenvalue weighted by Gasteiger charge is 2.16. The van der Waals surface area contributed by atoms with E-state index in [0.717, 1.165) is 29.5 Å². The van der Waals surface area contributed by atoms with E-state index in [-0.39, 0.29) is 5.56 Å². The molecular formula is C20H20Cl2N4O2. The number of nitrogens with one attached hydrogen (secondary N) is 1. The molecule has 0 fully saturated rings. The predicted octanol–water partition coefficient (Wildman–Crippen LogP) is 4.28. The number of aryl methyl sites for hydroxylation is 1. The Kier molecular flexibility index (Phi) is 6.24. The quantitative estimate of drug-likeness (QED) is 0.530. The van der Waals surface area contributed by atoms with Crippen molar-refractivity contribution in [3.8, 4) is 5.75 Å². The first-order valence-electron chi connectivity index (χ1n) is 8.66. The molecule has 3 aromatic rings. The number of pyridine rings is 1. The average Bonchev–Trinajstić information content (AvgIpc) is 2.68. The van der Waals surface area contributed by atoms with E-state index in [1.165, 1.54) is 6.20 Å². The van der Waals surface area contributed by atoms with E-state index in [0.29, 0.717) is 33.5 Å². The lowest BCUT2D eigenvalue weighted by atomic mass is 10.0. The minimum atomic E-state index is -0.587. The molecule has 0 spiro atoms. The number of methoxy groups -OCH3 is 1. The first kappa shape index (κ1) is 20.2. The van der Waals surface area contributed by atoms with Gasteiger partial charge < -0.3 is 21.5 Å². The number of anilines is 2. The summed E-state index contributed by atoms with van der Waals surface area (Å²) in [7, 11) is 1.61. The SMILES string of the molecule is COc1cc2ncc(C(N)=O)c(Nc3ccc(Cl)c(Cl)c3)c2cc1CCCN. The molecule has 0 aliphatic carbocycles. The van der Waals surface area contributed by atoms with Crippen LogP contribution in [0.25, 0.3) is 10.9 Å². The molecule has 28 heavy (non-hydrogen) atoms. The van der Waals surface area contributed by atoms with Crippen molar-refractivity contribution < 1.29 is 9.53 Å². The van der Waals surface area contributed by atoms with Gasteiger partial charge in [-0.05, 0) is 49.2 Å². The molecule has 3 rings (SSSR count). The van der Waals surface area contributed by atoms with Gasteiger partial charge in [0.2, 0.25) is 0 Å². The Bertz CT molecular complexity index is 1040. The van der Waals surface area contributed by atoms with Crippen LogP contribution in [-0.4, -0.2) is 24.5 Å². The van der Waals surface area contributed by atoms with Crippen molar-refractivity contribution in [3.05, 3.63) is 57.7 Å². The first-order valence-corrected chi connectivity index (χ1v) is 9.41. The summed E-state index contributed by atoms with van der Waals surface area (Å²) in [5, 5.41) is 4.82. The van der Waals surface area contributed by atoms with Gasteiger partial charge in [-0.2, -0.15) is 0 Å². The summed E-state index contributed by atoms with van der Waals surface area (Å²) in [5.41, 5.74) is 14.4. The van der Waals surface area contributed by atoms with Gasteiger partial charge in [0.15, 0.2) is 0 Å². The van der Waals surface area contributed by atoms with Crippen molar-refractivity contribution in [2.45, 2.75) is 12.8 Å². The first-order chi connectivity index (χ1) is 13.4. The molecule has 0 radical (unpaired) electrons. The third-order valence-electron chi connectivity index (χ3n) is 4.37. The molecule has 1 aromatic heterocycles. The lowest BCUT2D eigenvalue weighted by Crippen LogP contribution is -2.14. The number of hydrogen-bond donors (Lipinski definition) is 3. The molecule has 1 amide bonds. The molecule has 0 aliphatic heterocycles. The fraction of sp³-hybridized carbons (Fsp3) is 0.200. The van der Waals surface area contributed by atoms with Gasteiger partial charge in [0.1, 0.15) is 5.75 Å². The highest BCUT2D eigenvalue weighted by atomic mass is 35.5. The molecule has 1 heterocycles. The van der Waals surface area contributed by atoms with Crippen molar-refractivity contribution >= 4 is 51.4 Å². The van der Waals surface area contributed by atoms with Crippen LogP contribution in [0.4, 0.5) is 11.4 Å². The summed E-state index contributed by atoms with van der Waals surface area (Å²) in [4.78, 5) is 16.4. The van der Waals surface area contributed by atoms with Crippen LogP contribution < -0.4 is 21.5 Å². The van der Waals surface area contributed by atoms with E-state index in [1.54, 1.807) is 25.3 Å². The summed E-state index contributed by atoms with van der Waals surface area (Å²) >= 11 is 12.1. The third kappa shape index (κ3) is 4.14. The van der Waals surface area contributed by atoms with Crippen molar-refractivity contribution in [2.75, 3.05) is 19.0 Å². The van der Waals surface area contributed by atoms with E-state index in [9.17, 15) is 4.79 Å². The van der Waals surface area contributed by atoms with Crippen LogP contribution in [0.5, 0.6) is 5.75 Å². The molecule has 0 bridgehead atoms. The minimum Gasteiger partial charge on any atom is -0.496 e. The Morgan fingerprint density at radius 1 is 1.21 bits per heavy atom. The number of benzene rings is 2. The van der Waals surface area contributed by atoms with Crippen molar-refractivity contribution in [1.29, 1.82) is 0 Å². The fourth-order valence-corrected chi connectivity index (χ4v) is 3.28. The van der Waals surface area contributed by atoms with Gasteiger partial charge in [0, 0.05) is 23.3 Å². The van der Waals surface area contributed by atoms with E-state index in [4.69, 9.17) is 39.4 Å². The van der Waals surface area contributed by atoms with Gasteiger partial charge in [0.05, 0.1) is 33.9 Å². The molecule has 2 aromatic carbocycles. The number of primary amides is 1. The van der Waals surface area contributed by atoms with Gasteiger partial charge in [-0.15, -0.1) is 0 Å². The second kappa shape index (κ2) is 8.65. The summed E-state index contributed by atoms with van der Waals surface area (Å²) in [6.45, 7) is 0.565. The smallest absolute Gasteiger partial charge is 0.252 e. The molecule has 0 unspecified atom stereocenters. The van der Waals surface area contributed by atoms with E-state index in [2.05, 4.69) is 10.3 Å². The monoisotopic (exact) mass is 418 g/mol. The molecule has 0 atom stereocenters. The van der Waals surface area contributed by atoms with E-state index < -0.39 is 5.91 Å². The molecule has 0 saturated heterocycles. The summed E-state index contributed by atoms with van der Waals surface area (Å²) in [5.74, 6) is 0.136. The molecule has 0 aliphatic rings. The van der Waals surface area contributed by atoms with Crippen LogP contribution in [0.2, 0.25) is 10.0 Å². The maximum atomic E-state index is 12.0. The molecular weight excluding hydrogens is 399 g/mol. The lowest BCUT2D eigenvalue weighted by Gasteiger charge is -2.16. The van der Waals surface area contributed by atoms with Crippen LogP contribution in [0, 0.1) is 0 Å². The number of carbonyl (C=O) groups excluding carboxylic acids is 1. The third-order valence-corrected chi connectivity index (χ3v) is 5.11. The number of aromatic nitrogens is 1. The van der Waals surface area contributed by atoms with E-state index in [1.807, 2.05) is 12.1 Å². The van der Waals surface area contributed by atoms with Gasteiger partial charge in [-0.1, -0.05) is 23.2 Å². The molecule has 6 nitrogen and oxygen atoms in total. The second-order valence-electron chi connectivity index (χ2n) is 6.24. The fourth-order valence-electron chi connectivity index (χ4n) is 2.98. The maximum absolute atomic E-state index is 12.0. The summed E-state index contributed by atoms with van der Waals surface area (Å²) in [6, 6.07) is 8.91. The van der Waals surface area contributed by atoms with Crippen LogP contribution in [0.15, 0.2) is 36.5 Å². The zero-order valence-corrected chi connectivity index (χ0v) is 16.8. The minimum absolute atomic E-state index is 0.272. The lowest BCUT2D eigenvalue weighted by molar-refractivity contribution is 0.100. The van der Waals surface area contributed by atoms with Gasteiger partial charge in [-0.25, -0.2) is 0 Å². The zero-order chi connectivity index (χ0) is 20.3. The van der Waals surface area contributed by atoms with Crippen LogP contribution in [0.3, 0.4) is 0 Å². The number of amides is 1. The van der Waals surface area contributed by atoms with Gasteiger partial charge in [0.25, 0.3) is 5.91 Å². The van der Waals surface area contributed by atoms with E-state index >= 15 is 0 Å². The highest BCUT2D eigenvalue weighted by Crippen LogP contribution is 2.35. The number of halogens is 2. The number of hydrogen-bond acceptors (Lipinski definition) is 5. The van der Waals surface area contributed by atoms with Crippen LogP contribution in [0.1, 0.15) is 22.3 Å². The Labute approximate surface area is 172 Å². The number of fused-ring (bicyclic) bond motifs is 1. The normalized spacial score (nSPS) is 10.9. The number of ether oxygens (including phenoxy) is 1. The summed E-state index contributed by atoms with van der Waals surface area (Å²) in [6.07, 6.45) is 2.99.